The number of piperidine rings is 1. The highest BCUT2D eigenvalue weighted by Gasteiger charge is 2.33. The number of carbonyl (C=O) groups excluding carboxylic acids is 3. The van der Waals surface area contributed by atoms with Crippen LogP contribution in [0.4, 0.5) is 0 Å². The maximum atomic E-state index is 12.5. The minimum absolute atomic E-state index is 0.0184. The first-order chi connectivity index (χ1) is 17.8. The second-order valence-corrected chi connectivity index (χ2v) is 10.3. The molecule has 2 aromatic carbocycles. The van der Waals surface area contributed by atoms with Crippen molar-refractivity contribution in [1.29, 1.82) is 0 Å². The molecule has 3 rings (SSSR count). The van der Waals surface area contributed by atoms with Gasteiger partial charge in [-0.2, -0.15) is 0 Å². The molecular weight excluding hydrogens is 492 g/mol. The van der Waals surface area contributed by atoms with Gasteiger partial charge in [0, 0.05) is 43.1 Å². The summed E-state index contributed by atoms with van der Waals surface area (Å²) in [6, 6.07) is 15.1. The lowest BCUT2D eigenvalue weighted by Crippen LogP contribution is -2.51. The van der Waals surface area contributed by atoms with Gasteiger partial charge in [-0.05, 0) is 36.1 Å². The van der Waals surface area contributed by atoms with E-state index in [9.17, 15) is 18.9 Å². The van der Waals surface area contributed by atoms with Crippen LogP contribution >= 0.6 is 0 Å². The number of hydrogen-bond acceptors (Lipinski definition) is 7. The van der Waals surface area contributed by atoms with E-state index >= 15 is 0 Å². The molecule has 2 unspecified atom stereocenters. The van der Waals surface area contributed by atoms with Crippen molar-refractivity contribution in [2.24, 2.45) is 0 Å². The highest BCUT2D eigenvalue weighted by atomic mass is 32.2. The highest BCUT2D eigenvalue weighted by molar-refractivity contribution is 7.88. The average molecular weight is 529 g/mol. The molecule has 2 aromatic rings. The molecule has 0 bridgehead atoms. The Hall–Kier alpha value is -2.92. The molecule has 0 aromatic heterocycles. The monoisotopic (exact) mass is 528 g/mol. The summed E-state index contributed by atoms with van der Waals surface area (Å²) >= 11 is -1.32. The topological polar surface area (TPSA) is 114 Å². The third-order valence-electron chi connectivity index (χ3n) is 6.68. The molecule has 0 aliphatic carbocycles. The number of carbonyl (C=O) groups is 3. The summed E-state index contributed by atoms with van der Waals surface area (Å²) < 4.78 is 18.7. The Morgan fingerprint density at radius 3 is 2.54 bits per heavy atom. The molecule has 0 spiro atoms. The molecule has 1 fully saturated rings. The van der Waals surface area contributed by atoms with Crippen LogP contribution in [0.2, 0.25) is 0 Å². The van der Waals surface area contributed by atoms with E-state index in [1.807, 2.05) is 0 Å². The quantitative estimate of drug-likeness (QED) is 0.260. The van der Waals surface area contributed by atoms with Crippen LogP contribution in [-0.4, -0.2) is 83.7 Å². The zero-order valence-corrected chi connectivity index (χ0v) is 22.5. The molecule has 2 atom stereocenters. The van der Waals surface area contributed by atoms with Gasteiger partial charge >= 0.3 is 5.97 Å². The standard InChI is InChI=1S/C27H36N4O5S/c1-20(23-11-6-9-21-8-4-5-10-24(21)23)30-16-13-22(14-17-30)31(37(3)35)19-26(33)29-18-25(32)28-15-7-12-27(34)36-2/h4-12,20,22H,13-19H2,1-3H3,(H,28,32)(H,29,33)/b12-7+. The Morgan fingerprint density at radius 1 is 1.14 bits per heavy atom. The second-order valence-electron chi connectivity index (χ2n) is 9.02. The average Bonchev–Trinajstić information content (AvgIpc) is 2.92. The van der Waals surface area contributed by atoms with Gasteiger partial charge in [-0.3, -0.25) is 14.5 Å². The minimum atomic E-state index is -1.32. The maximum absolute atomic E-state index is 12.5. The highest BCUT2D eigenvalue weighted by Crippen LogP contribution is 2.31. The fourth-order valence-corrected chi connectivity index (χ4v) is 5.57. The molecule has 2 amide bonds. The zero-order chi connectivity index (χ0) is 26.8. The van der Waals surface area contributed by atoms with Crippen LogP contribution in [0.25, 0.3) is 10.8 Å². The Morgan fingerprint density at radius 2 is 1.84 bits per heavy atom. The number of fused-ring (bicyclic) bond motifs is 1. The lowest BCUT2D eigenvalue weighted by Gasteiger charge is -2.39. The number of amides is 2. The van der Waals surface area contributed by atoms with Gasteiger partial charge in [-0.1, -0.05) is 48.5 Å². The molecule has 200 valence electrons. The Kier molecular flexibility index (Phi) is 10.9. The van der Waals surface area contributed by atoms with E-state index < -0.39 is 17.3 Å². The number of nitrogens with one attached hydrogen (secondary N) is 2. The van der Waals surface area contributed by atoms with Crippen molar-refractivity contribution in [1.82, 2.24) is 19.8 Å². The Bertz CT molecular complexity index is 1100. The predicted octanol–water partition coefficient (Wildman–Crippen LogP) is 1.92. The number of nitrogens with zero attached hydrogens (tertiary/aromatic N) is 2. The van der Waals surface area contributed by atoms with Crippen molar-refractivity contribution >= 4 is 39.9 Å². The van der Waals surface area contributed by atoms with Gasteiger partial charge in [0.25, 0.3) is 0 Å². The van der Waals surface area contributed by atoms with Crippen molar-refractivity contribution < 1.29 is 23.7 Å². The van der Waals surface area contributed by atoms with E-state index in [-0.39, 0.29) is 43.5 Å². The Balaban J connectivity index is 1.48. The van der Waals surface area contributed by atoms with Crippen LogP contribution in [0.3, 0.4) is 0 Å². The van der Waals surface area contributed by atoms with Crippen molar-refractivity contribution in [3.8, 4) is 0 Å². The number of hydrogen-bond donors (Lipinski definition) is 2. The largest absolute Gasteiger partial charge is 0.598 e. The van der Waals surface area contributed by atoms with Gasteiger partial charge in [-0.25, -0.2) is 4.79 Å². The van der Waals surface area contributed by atoms with Crippen LogP contribution < -0.4 is 10.6 Å². The van der Waals surface area contributed by atoms with Crippen molar-refractivity contribution in [2.45, 2.75) is 31.8 Å². The van der Waals surface area contributed by atoms with Gasteiger partial charge in [0.1, 0.15) is 12.8 Å². The van der Waals surface area contributed by atoms with Gasteiger partial charge < -0.3 is 19.9 Å². The number of esters is 1. The van der Waals surface area contributed by atoms with E-state index in [0.29, 0.717) is 0 Å². The summed E-state index contributed by atoms with van der Waals surface area (Å²) in [5.41, 5.74) is 1.30. The molecule has 10 heteroatoms. The molecular formula is C27H36N4O5S. The molecule has 0 radical (unpaired) electrons. The number of methoxy groups -OCH3 is 1. The molecule has 9 nitrogen and oxygen atoms in total. The van der Waals surface area contributed by atoms with Crippen molar-refractivity contribution in [3.05, 3.63) is 60.2 Å². The molecule has 37 heavy (non-hydrogen) atoms. The second kappa shape index (κ2) is 14.1. The number of benzene rings is 2. The number of ether oxygens (including phenoxy) is 1. The smallest absolute Gasteiger partial charge is 0.330 e. The van der Waals surface area contributed by atoms with Gasteiger partial charge in [0.15, 0.2) is 0 Å². The Labute approximate surface area is 221 Å². The summed E-state index contributed by atoms with van der Waals surface area (Å²) in [4.78, 5) is 37.9. The summed E-state index contributed by atoms with van der Waals surface area (Å²) in [5, 5.41) is 7.64. The summed E-state index contributed by atoms with van der Waals surface area (Å²) in [5.74, 6) is -1.26. The van der Waals surface area contributed by atoms with E-state index in [1.54, 1.807) is 10.6 Å². The fraction of sp³-hybridized carbons (Fsp3) is 0.444. The van der Waals surface area contributed by atoms with Gasteiger partial charge in [0.2, 0.25) is 11.8 Å². The lowest BCUT2D eigenvalue weighted by molar-refractivity contribution is -0.134. The van der Waals surface area contributed by atoms with Gasteiger partial charge in [0.05, 0.1) is 19.7 Å². The zero-order valence-electron chi connectivity index (χ0n) is 21.6. The predicted molar refractivity (Wildman–Crippen MR) is 145 cm³/mol. The minimum Gasteiger partial charge on any atom is -0.598 e. The molecule has 1 saturated heterocycles. The fourth-order valence-electron chi connectivity index (χ4n) is 4.64. The van der Waals surface area contributed by atoms with E-state index in [0.717, 1.165) is 25.9 Å². The van der Waals surface area contributed by atoms with Crippen molar-refractivity contribution in [3.63, 3.8) is 0 Å². The number of rotatable bonds is 11. The van der Waals surface area contributed by atoms with Crippen LogP contribution in [0.15, 0.2) is 54.6 Å². The molecule has 2 N–H and O–H groups in total. The normalized spacial score (nSPS) is 16.6. The summed E-state index contributed by atoms with van der Waals surface area (Å²) in [6.45, 7) is 3.81. The first-order valence-corrected chi connectivity index (χ1v) is 13.9. The summed E-state index contributed by atoms with van der Waals surface area (Å²) in [7, 11) is 1.27. The molecule has 1 heterocycles. The van der Waals surface area contributed by atoms with Crippen LogP contribution in [0.5, 0.6) is 0 Å². The van der Waals surface area contributed by atoms with Crippen LogP contribution in [0, 0.1) is 0 Å². The first kappa shape index (κ1) is 28.6. The van der Waals surface area contributed by atoms with E-state index in [1.165, 1.54) is 35.6 Å². The molecule has 1 aliphatic rings. The number of likely N-dealkylation sites (tertiary alicyclic amines) is 1. The van der Waals surface area contributed by atoms with Gasteiger partial charge in [-0.15, -0.1) is 4.31 Å². The maximum Gasteiger partial charge on any atom is 0.330 e. The molecule has 1 aliphatic heterocycles. The van der Waals surface area contributed by atoms with E-state index in [2.05, 4.69) is 69.7 Å². The van der Waals surface area contributed by atoms with Crippen LogP contribution in [0.1, 0.15) is 31.4 Å². The van der Waals surface area contributed by atoms with Crippen molar-refractivity contribution in [2.75, 3.05) is 46.1 Å². The summed E-state index contributed by atoms with van der Waals surface area (Å²) in [6.07, 6.45) is 5.85. The van der Waals surface area contributed by atoms with Crippen LogP contribution in [-0.2, 0) is 30.5 Å². The lowest BCUT2D eigenvalue weighted by atomic mass is 9.96. The third kappa shape index (κ3) is 8.29. The first-order valence-electron chi connectivity index (χ1n) is 12.4. The SMILES string of the molecule is COC(=O)/C=C/CNC(=O)CNC(=O)CN(C1CCN(C(C)c2cccc3ccccc23)CC1)[S+](C)[O-]. The molecule has 0 saturated carbocycles. The van der Waals surface area contributed by atoms with E-state index in [4.69, 9.17) is 0 Å². The third-order valence-corrected chi connectivity index (χ3v) is 7.76.